The van der Waals surface area contributed by atoms with Gasteiger partial charge in [-0.1, -0.05) is 30.8 Å². The van der Waals surface area contributed by atoms with E-state index < -0.39 is 17.8 Å². The van der Waals surface area contributed by atoms with E-state index in [0.29, 0.717) is 17.5 Å². The summed E-state index contributed by atoms with van der Waals surface area (Å²) in [5.41, 5.74) is 1.68. The number of benzene rings is 2. The summed E-state index contributed by atoms with van der Waals surface area (Å²) >= 11 is 1.20. The molecule has 11 heteroatoms. The Labute approximate surface area is 219 Å². The molecule has 0 saturated heterocycles. The first-order valence-corrected chi connectivity index (χ1v) is 12.7. The molecule has 10 nitrogen and oxygen atoms in total. The van der Waals surface area contributed by atoms with Gasteiger partial charge in [-0.2, -0.15) is 0 Å². The number of rotatable bonds is 11. The van der Waals surface area contributed by atoms with Crippen LogP contribution in [0.2, 0.25) is 0 Å². The molecule has 0 bridgehead atoms. The molecule has 1 N–H and O–H groups in total. The molecule has 1 amide bonds. The largest absolute Gasteiger partial charge is 0.483 e. The van der Waals surface area contributed by atoms with Crippen LogP contribution in [0.1, 0.15) is 59.0 Å². The lowest BCUT2D eigenvalue weighted by Crippen LogP contribution is -2.18. The zero-order chi connectivity index (χ0) is 26.9. The first kappa shape index (κ1) is 27.7. The Hall–Kier alpha value is -3.86. The Kier molecular flexibility index (Phi) is 9.67. The van der Waals surface area contributed by atoms with E-state index in [-0.39, 0.29) is 28.7 Å². The number of aromatic nitrogens is 3. The SMILES string of the molecule is CCc1ccc(OC(C)c2nnc(SCC(=O)Nc3cc(C(=O)OC)ccc3C(=O)OC)n2CC)cc1. The van der Waals surface area contributed by atoms with Gasteiger partial charge in [0.1, 0.15) is 5.75 Å². The average molecular weight is 527 g/mol. The highest BCUT2D eigenvalue weighted by atomic mass is 32.2. The van der Waals surface area contributed by atoms with Crippen LogP contribution in [-0.4, -0.2) is 52.6 Å². The number of nitrogens with one attached hydrogen (secondary N) is 1. The molecule has 0 fully saturated rings. The molecule has 2 aromatic carbocycles. The van der Waals surface area contributed by atoms with Crippen LogP contribution in [0.25, 0.3) is 0 Å². The van der Waals surface area contributed by atoms with Crippen molar-refractivity contribution in [3.63, 3.8) is 0 Å². The predicted octanol–water partition coefficient (Wildman–Crippen LogP) is 4.30. The number of esters is 2. The molecule has 196 valence electrons. The molecular weight excluding hydrogens is 496 g/mol. The molecular formula is C26H30N4O6S. The summed E-state index contributed by atoms with van der Waals surface area (Å²) in [7, 11) is 2.48. The standard InChI is InChI=1S/C26H30N4O6S/c1-6-17-8-11-19(12-9-17)36-16(3)23-28-29-26(30(23)7-2)37-15-22(31)27-21-14-18(24(32)34-4)10-13-20(21)25(33)35-5/h8-14,16H,6-7,15H2,1-5H3,(H,27,31). The summed E-state index contributed by atoms with van der Waals surface area (Å²) < 4.78 is 17.4. The number of ether oxygens (including phenoxy) is 3. The monoisotopic (exact) mass is 526 g/mol. The number of nitrogens with zero attached hydrogens (tertiary/aromatic N) is 3. The van der Waals surface area contributed by atoms with Crippen molar-refractivity contribution in [3.8, 4) is 5.75 Å². The van der Waals surface area contributed by atoms with Crippen molar-refractivity contribution < 1.29 is 28.6 Å². The number of anilines is 1. The zero-order valence-corrected chi connectivity index (χ0v) is 22.3. The number of hydrogen-bond acceptors (Lipinski definition) is 9. The van der Waals surface area contributed by atoms with E-state index in [1.807, 2.05) is 42.7 Å². The molecule has 0 spiro atoms. The van der Waals surface area contributed by atoms with Gasteiger partial charge >= 0.3 is 11.9 Å². The molecule has 0 aliphatic heterocycles. The second-order valence-electron chi connectivity index (χ2n) is 7.92. The first-order valence-electron chi connectivity index (χ1n) is 11.7. The highest BCUT2D eigenvalue weighted by molar-refractivity contribution is 7.99. The number of aryl methyl sites for hydroxylation is 1. The van der Waals surface area contributed by atoms with Gasteiger partial charge in [-0.05, 0) is 56.2 Å². The maximum atomic E-state index is 12.8. The van der Waals surface area contributed by atoms with Gasteiger partial charge in [0, 0.05) is 6.54 Å². The van der Waals surface area contributed by atoms with Crippen molar-refractivity contribution >= 4 is 35.3 Å². The third kappa shape index (κ3) is 6.88. The summed E-state index contributed by atoms with van der Waals surface area (Å²) in [6, 6.07) is 12.1. The van der Waals surface area contributed by atoms with Crippen molar-refractivity contribution in [2.24, 2.45) is 0 Å². The Balaban J connectivity index is 1.70. The van der Waals surface area contributed by atoms with Gasteiger partial charge in [-0.15, -0.1) is 10.2 Å². The molecule has 37 heavy (non-hydrogen) atoms. The van der Waals surface area contributed by atoms with Crippen LogP contribution < -0.4 is 10.1 Å². The molecule has 0 aliphatic rings. The van der Waals surface area contributed by atoms with Crippen molar-refractivity contribution in [2.75, 3.05) is 25.3 Å². The zero-order valence-electron chi connectivity index (χ0n) is 21.4. The lowest BCUT2D eigenvalue weighted by molar-refractivity contribution is -0.113. The minimum atomic E-state index is -0.645. The molecule has 0 radical (unpaired) electrons. The van der Waals surface area contributed by atoms with Crippen LogP contribution in [0.3, 0.4) is 0 Å². The van der Waals surface area contributed by atoms with Gasteiger partial charge in [0.25, 0.3) is 0 Å². The molecule has 1 unspecified atom stereocenters. The molecule has 3 rings (SSSR count). The van der Waals surface area contributed by atoms with E-state index in [0.717, 1.165) is 12.2 Å². The number of carbonyl (C=O) groups is 3. The van der Waals surface area contributed by atoms with Gasteiger partial charge in [-0.3, -0.25) is 4.79 Å². The van der Waals surface area contributed by atoms with Crippen LogP contribution >= 0.6 is 11.8 Å². The average Bonchev–Trinajstić information content (AvgIpc) is 3.34. The fourth-order valence-corrected chi connectivity index (χ4v) is 4.37. The molecule has 1 atom stereocenters. The smallest absolute Gasteiger partial charge is 0.339 e. The summed E-state index contributed by atoms with van der Waals surface area (Å²) in [6.07, 6.45) is 0.598. The number of amides is 1. The molecule has 1 heterocycles. The number of hydrogen-bond donors (Lipinski definition) is 1. The lowest BCUT2D eigenvalue weighted by atomic mass is 10.1. The van der Waals surface area contributed by atoms with E-state index in [1.165, 1.54) is 49.7 Å². The highest BCUT2D eigenvalue weighted by Crippen LogP contribution is 2.26. The third-order valence-corrected chi connectivity index (χ3v) is 6.49. The summed E-state index contributed by atoms with van der Waals surface area (Å²) in [5.74, 6) is -0.266. The minimum absolute atomic E-state index is 0.00504. The maximum absolute atomic E-state index is 12.8. The Morgan fingerprint density at radius 3 is 2.32 bits per heavy atom. The Bertz CT molecular complexity index is 1260. The summed E-state index contributed by atoms with van der Waals surface area (Å²) in [6.45, 7) is 6.54. The van der Waals surface area contributed by atoms with Crippen molar-refractivity contribution in [1.82, 2.24) is 14.8 Å². The summed E-state index contributed by atoms with van der Waals surface area (Å²) in [4.78, 5) is 36.8. The van der Waals surface area contributed by atoms with E-state index in [2.05, 4.69) is 22.4 Å². The molecule has 3 aromatic rings. The maximum Gasteiger partial charge on any atom is 0.339 e. The van der Waals surface area contributed by atoms with Crippen LogP contribution in [0.5, 0.6) is 5.75 Å². The topological polar surface area (TPSA) is 122 Å². The minimum Gasteiger partial charge on any atom is -0.483 e. The van der Waals surface area contributed by atoms with Gasteiger partial charge in [-0.25, -0.2) is 9.59 Å². The quantitative estimate of drug-likeness (QED) is 0.288. The number of carbonyl (C=O) groups excluding carboxylic acids is 3. The van der Waals surface area contributed by atoms with Crippen molar-refractivity contribution in [2.45, 2.75) is 45.0 Å². The van der Waals surface area contributed by atoms with Crippen molar-refractivity contribution in [1.29, 1.82) is 0 Å². The highest BCUT2D eigenvalue weighted by Gasteiger charge is 2.21. The fraction of sp³-hybridized carbons (Fsp3) is 0.346. The van der Waals surface area contributed by atoms with Crippen LogP contribution in [0, 0.1) is 0 Å². The second kappa shape index (κ2) is 12.9. The van der Waals surface area contributed by atoms with E-state index >= 15 is 0 Å². The predicted molar refractivity (Wildman–Crippen MR) is 139 cm³/mol. The molecule has 1 aromatic heterocycles. The van der Waals surface area contributed by atoms with Crippen LogP contribution in [0.15, 0.2) is 47.6 Å². The van der Waals surface area contributed by atoms with Gasteiger partial charge in [0.05, 0.1) is 36.8 Å². The van der Waals surface area contributed by atoms with Crippen LogP contribution in [-0.2, 0) is 27.2 Å². The number of thioether (sulfide) groups is 1. The Morgan fingerprint density at radius 1 is 1.00 bits per heavy atom. The number of methoxy groups -OCH3 is 2. The molecule has 0 saturated carbocycles. The van der Waals surface area contributed by atoms with Gasteiger partial charge < -0.3 is 24.1 Å². The normalized spacial score (nSPS) is 11.5. The molecule has 0 aliphatic carbocycles. The van der Waals surface area contributed by atoms with E-state index in [9.17, 15) is 14.4 Å². The summed E-state index contributed by atoms with van der Waals surface area (Å²) in [5, 5.41) is 11.8. The van der Waals surface area contributed by atoms with E-state index in [4.69, 9.17) is 14.2 Å². The Morgan fingerprint density at radius 2 is 1.70 bits per heavy atom. The fourth-order valence-electron chi connectivity index (χ4n) is 3.56. The lowest BCUT2D eigenvalue weighted by Gasteiger charge is -2.16. The van der Waals surface area contributed by atoms with Gasteiger partial charge in [0.2, 0.25) is 5.91 Å². The third-order valence-electron chi connectivity index (χ3n) is 5.52. The van der Waals surface area contributed by atoms with Crippen LogP contribution in [0.4, 0.5) is 5.69 Å². The first-order chi connectivity index (χ1) is 17.8. The van der Waals surface area contributed by atoms with Crippen molar-refractivity contribution in [3.05, 3.63) is 65.0 Å². The van der Waals surface area contributed by atoms with E-state index in [1.54, 1.807) is 0 Å². The second-order valence-corrected chi connectivity index (χ2v) is 8.87. The van der Waals surface area contributed by atoms with Gasteiger partial charge in [0.15, 0.2) is 17.1 Å².